The zero-order valence-electron chi connectivity index (χ0n) is 23.6. The molecule has 5 amide bonds. The van der Waals surface area contributed by atoms with Crippen LogP contribution in [0.25, 0.3) is 0 Å². The molecule has 2 aromatic carbocycles. The summed E-state index contributed by atoms with van der Waals surface area (Å²) in [5.41, 5.74) is 1.36. The van der Waals surface area contributed by atoms with Gasteiger partial charge < -0.3 is 35.6 Å². The summed E-state index contributed by atoms with van der Waals surface area (Å²) >= 11 is 0. The van der Waals surface area contributed by atoms with Crippen LogP contribution in [0, 0.1) is 5.92 Å². The number of ether oxygens (including phenoxy) is 1. The Bertz CT molecular complexity index is 1170. The van der Waals surface area contributed by atoms with Gasteiger partial charge in [-0.3, -0.25) is 4.79 Å². The molecule has 10 heteroatoms. The summed E-state index contributed by atoms with van der Waals surface area (Å²) in [7, 11) is 1.69. The second kappa shape index (κ2) is 13.5. The third-order valence-corrected chi connectivity index (χ3v) is 7.71. The SMILES string of the molecule is C[C@@H]1CN([C@@H](C)CO)C(=O)c2cccc(NC(=O)NC3CCCCC3)c2O[C@@H]1CN(C)C(=O)Nc1ccccc1. The number of carbonyl (C=O) groups is 3. The van der Waals surface area contributed by atoms with E-state index < -0.39 is 12.1 Å². The second-order valence-corrected chi connectivity index (χ2v) is 10.9. The predicted octanol–water partition coefficient (Wildman–Crippen LogP) is 4.52. The Hall–Kier alpha value is -3.79. The van der Waals surface area contributed by atoms with Crippen LogP contribution in [-0.2, 0) is 0 Å². The van der Waals surface area contributed by atoms with Crippen molar-refractivity contribution in [1.29, 1.82) is 0 Å². The van der Waals surface area contributed by atoms with Crippen LogP contribution in [0.2, 0.25) is 0 Å². The van der Waals surface area contributed by atoms with Crippen LogP contribution in [0.1, 0.15) is 56.3 Å². The Morgan fingerprint density at radius 3 is 2.50 bits per heavy atom. The lowest BCUT2D eigenvalue weighted by Crippen LogP contribution is -2.50. The molecule has 1 fully saturated rings. The molecule has 2 aromatic rings. The summed E-state index contributed by atoms with van der Waals surface area (Å²) in [5.74, 6) is -0.217. The van der Waals surface area contributed by atoms with E-state index in [0.29, 0.717) is 23.5 Å². The highest BCUT2D eigenvalue weighted by Gasteiger charge is 2.35. The molecule has 3 atom stereocenters. The Balaban J connectivity index is 1.59. The maximum Gasteiger partial charge on any atom is 0.321 e. The number of urea groups is 2. The number of hydrogen-bond acceptors (Lipinski definition) is 5. The zero-order valence-corrected chi connectivity index (χ0v) is 23.6. The summed E-state index contributed by atoms with van der Waals surface area (Å²) in [6.45, 7) is 4.12. The zero-order chi connectivity index (χ0) is 28.6. The number of rotatable bonds is 7. The van der Waals surface area contributed by atoms with Crippen molar-refractivity contribution in [1.82, 2.24) is 15.1 Å². The quantitative estimate of drug-likeness (QED) is 0.403. The monoisotopic (exact) mass is 551 g/mol. The molecule has 0 radical (unpaired) electrons. The van der Waals surface area contributed by atoms with Crippen LogP contribution in [0.3, 0.4) is 0 Å². The summed E-state index contributed by atoms with van der Waals surface area (Å²) < 4.78 is 6.50. The van der Waals surface area contributed by atoms with Gasteiger partial charge in [0.15, 0.2) is 5.75 Å². The number of amides is 5. The van der Waals surface area contributed by atoms with Crippen molar-refractivity contribution in [3.8, 4) is 5.75 Å². The smallest absolute Gasteiger partial charge is 0.321 e. The maximum absolute atomic E-state index is 13.7. The van der Waals surface area contributed by atoms with Crippen LogP contribution < -0.4 is 20.7 Å². The second-order valence-electron chi connectivity index (χ2n) is 10.9. The first kappa shape index (κ1) is 29.2. The summed E-state index contributed by atoms with van der Waals surface area (Å²) in [6, 6.07) is 13.3. The van der Waals surface area contributed by atoms with Gasteiger partial charge in [0, 0.05) is 31.2 Å². The molecule has 1 heterocycles. The van der Waals surface area contributed by atoms with Crippen molar-refractivity contribution in [2.24, 2.45) is 5.92 Å². The number of fused-ring (bicyclic) bond motifs is 1. The molecule has 2 aliphatic rings. The van der Waals surface area contributed by atoms with Crippen LogP contribution in [0.4, 0.5) is 21.0 Å². The van der Waals surface area contributed by atoms with Crippen molar-refractivity contribution in [2.75, 3.05) is 37.4 Å². The first-order valence-corrected chi connectivity index (χ1v) is 14.1. The predicted molar refractivity (Wildman–Crippen MR) is 155 cm³/mol. The van der Waals surface area contributed by atoms with Crippen LogP contribution >= 0.6 is 0 Å². The van der Waals surface area contributed by atoms with Gasteiger partial charge in [0.05, 0.1) is 30.4 Å². The summed E-state index contributed by atoms with van der Waals surface area (Å²) in [5, 5.41) is 18.7. The standard InChI is InChI=1S/C30H41N5O5/c1-20-17-35(21(2)19-36)28(37)24-15-10-16-25(33-29(38)31-22-11-6-4-7-12-22)27(24)40-26(20)18-34(3)30(39)32-23-13-8-5-9-14-23/h5,8-10,13-16,20-22,26,36H,4,6-7,11-12,17-19H2,1-3H3,(H,32,39)(H2,31,33,38)/t20-,21+,26-/m1/s1. The van der Waals surface area contributed by atoms with Crippen molar-refractivity contribution >= 4 is 29.3 Å². The van der Waals surface area contributed by atoms with Crippen molar-refractivity contribution in [2.45, 2.75) is 64.1 Å². The van der Waals surface area contributed by atoms with E-state index >= 15 is 0 Å². The van der Waals surface area contributed by atoms with Gasteiger partial charge in [0.25, 0.3) is 5.91 Å². The van der Waals surface area contributed by atoms with Crippen LogP contribution in [0.15, 0.2) is 48.5 Å². The van der Waals surface area contributed by atoms with Crippen molar-refractivity contribution < 1.29 is 24.2 Å². The molecule has 0 aromatic heterocycles. The minimum Gasteiger partial charge on any atom is -0.485 e. The van der Waals surface area contributed by atoms with Gasteiger partial charge in [-0.1, -0.05) is 50.5 Å². The van der Waals surface area contributed by atoms with E-state index in [9.17, 15) is 19.5 Å². The van der Waals surface area contributed by atoms with Crippen molar-refractivity contribution in [3.05, 3.63) is 54.1 Å². The topological polar surface area (TPSA) is 123 Å². The average molecular weight is 552 g/mol. The molecule has 10 nitrogen and oxygen atoms in total. The lowest BCUT2D eigenvalue weighted by atomic mass is 9.96. The molecule has 0 spiro atoms. The molecule has 1 aliphatic heterocycles. The third-order valence-electron chi connectivity index (χ3n) is 7.71. The van der Waals surface area contributed by atoms with E-state index in [0.717, 1.165) is 25.7 Å². The fraction of sp³-hybridized carbons (Fsp3) is 0.500. The highest BCUT2D eigenvalue weighted by atomic mass is 16.5. The third kappa shape index (κ3) is 7.24. The van der Waals surface area contributed by atoms with Gasteiger partial charge in [-0.25, -0.2) is 9.59 Å². The number of anilines is 2. The number of aliphatic hydroxyl groups excluding tert-OH is 1. The fourth-order valence-electron chi connectivity index (χ4n) is 5.24. The van der Waals surface area contributed by atoms with Gasteiger partial charge >= 0.3 is 12.1 Å². The maximum atomic E-state index is 13.7. The molecule has 4 rings (SSSR count). The molecule has 1 saturated carbocycles. The number of nitrogens with one attached hydrogen (secondary N) is 3. The largest absolute Gasteiger partial charge is 0.485 e. The number of hydrogen-bond donors (Lipinski definition) is 4. The molecule has 4 N–H and O–H groups in total. The number of carbonyl (C=O) groups excluding carboxylic acids is 3. The van der Waals surface area contributed by atoms with Gasteiger partial charge in [-0.05, 0) is 44.0 Å². The highest BCUT2D eigenvalue weighted by Crippen LogP contribution is 2.35. The lowest BCUT2D eigenvalue weighted by molar-refractivity contribution is 0.0373. The van der Waals surface area contributed by atoms with Gasteiger partial charge in [0.2, 0.25) is 0 Å². The molecule has 0 unspecified atom stereocenters. The molecular weight excluding hydrogens is 510 g/mol. The van der Waals surface area contributed by atoms with E-state index in [1.807, 2.05) is 37.3 Å². The Morgan fingerprint density at radius 1 is 1.07 bits per heavy atom. The number of likely N-dealkylation sites (N-methyl/N-ethyl adjacent to an activating group) is 1. The molecule has 0 bridgehead atoms. The van der Waals surface area contributed by atoms with E-state index in [2.05, 4.69) is 16.0 Å². The Morgan fingerprint density at radius 2 is 1.80 bits per heavy atom. The van der Waals surface area contributed by atoms with Crippen LogP contribution in [0.5, 0.6) is 5.75 Å². The van der Waals surface area contributed by atoms with E-state index in [4.69, 9.17) is 4.74 Å². The lowest BCUT2D eigenvalue weighted by Gasteiger charge is -2.38. The minimum atomic E-state index is -0.504. The highest BCUT2D eigenvalue weighted by molar-refractivity contribution is 6.01. The Kier molecular flexibility index (Phi) is 9.87. The molecule has 40 heavy (non-hydrogen) atoms. The minimum absolute atomic E-state index is 0.118. The van der Waals surface area contributed by atoms with Gasteiger partial charge in [0.1, 0.15) is 6.10 Å². The number of benzene rings is 2. The molecule has 0 saturated heterocycles. The van der Waals surface area contributed by atoms with Crippen molar-refractivity contribution in [3.63, 3.8) is 0 Å². The fourth-order valence-corrected chi connectivity index (χ4v) is 5.24. The van der Waals surface area contributed by atoms with E-state index in [-0.39, 0.29) is 48.8 Å². The normalized spacial score (nSPS) is 20.3. The number of para-hydroxylation sites is 2. The molecule has 1 aliphatic carbocycles. The van der Waals surface area contributed by atoms with Gasteiger partial charge in [-0.2, -0.15) is 0 Å². The van der Waals surface area contributed by atoms with Gasteiger partial charge in [-0.15, -0.1) is 0 Å². The average Bonchev–Trinajstić information content (AvgIpc) is 2.95. The first-order valence-electron chi connectivity index (χ1n) is 14.1. The number of nitrogens with zero attached hydrogens (tertiary/aromatic N) is 2. The van der Waals surface area contributed by atoms with Crippen LogP contribution in [-0.4, -0.2) is 77.8 Å². The number of aliphatic hydroxyl groups is 1. The Labute approximate surface area is 236 Å². The molecular formula is C30H41N5O5. The van der Waals surface area contributed by atoms with E-state index in [1.165, 1.54) is 6.42 Å². The molecule has 216 valence electrons. The first-order chi connectivity index (χ1) is 19.3. The van der Waals surface area contributed by atoms with E-state index in [1.54, 1.807) is 42.0 Å². The summed E-state index contributed by atoms with van der Waals surface area (Å²) in [6.07, 6.45) is 4.75. The summed E-state index contributed by atoms with van der Waals surface area (Å²) in [4.78, 5) is 42.7.